The van der Waals surface area contributed by atoms with E-state index in [1.807, 2.05) is 6.20 Å². The second kappa shape index (κ2) is 6.59. The van der Waals surface area contributed by atoms with Gasteiger partial charge in [-0.25, -0.2) is 9.67 Å². The fourth-order valence-corrected chi connectivity index (χ4v) is 2.74. The summed E-state index contributed by atoms with van der Waals surface area (Å²) in [5.41, 5.74) is 1.53. The molecule has 0 unspecified atom stereocenters. The van der Waals surface area contributed by atoms with Gasteiger partial charge >= 0.3 is 0 Å². The van der Waals surface area contributed by atoms with E-state index in [9.17, 15) is 5.11 Å². The average molecular weight is 326 g/mol. The van der Waals surface area contributed by atoms with Crippen LogP contribution in [-0.4, -0.2) is 34.6 Å². The molecular formula is C14H20ClN3O2Si. The molecule has 21 heavy (non-hydrogen) atoms. The highest BCUT2D eigenvalue weighted by Gasteiger charge is 2.13. The summed E-state index contributed by atoms with van der Waals surface area (Å²) >= 11 is 6.04. The SMILES string of the molecule is C[Si](C)(C)CCOCn1cc(-c2ccnc(O)c2Cl)cn1. The number of pyridine rings is 1. The van der Waals surface area contributed by atoms with Gasteiger partial charge in [0.25, 0.3) is 0 Å². The van der Waals surface area contributed by atoms with E-state index in [2.05, 4.69) is 29.7 Å². The molecule has 0 saturated carbocycles. The number of aromatic nitrogens is 3. The van der Waals surface area contributed by atoms with Crippen LogP contribution in [0.4, 0.5) is 0 Å². The smallest absolute Gasteiger partial charge is 0.230 e. The minimum Gasteiger partial charge on any atom is -0.492 e. The lowest BCUT2D eigenvalue weighted by molar-refractivity contribution is 0.0786. The molecule has 0 radical (unpaired) electrons. The summed E-state index contributed by atoms with van der Waals surface area (Å²) in [5, 5.41) is 14.0. The Morgan fingerprint density at radius 3 is 2.86 bits per heavy atom. The van der Waals surface area contributed by atoms with Gasteiger partial charge in [0.1, 0.15) is 11.8 Å². The molecule has 0 atom stereocenters. The zero-order chi connectivity index (χ0) is 15.5. The number of hydrogen-bond donors (Lipinski definition) is 1. The Balaban J connectivity index is 1.97. The summed E-state index contributed by atoms with van der Waals surface area (Å²) in [6, 6.07) is 2.88. The van der Waals surface area contributed by atoms with Crippen molar-refractivity contribution in [3.8, 4) is 17.0 Å². The van der Waals surface area contributed by atoms with Crippen LogP contribution in [-0.2, 0) is 11.5 Å². The maximum absolute atomic E-state index is 9.53. The maximum Gasteiger partial charge on any atom is 0.230 e. The predicted octanol–water partition coefficient (Wildman–Crippen LogP) is 3.62. The third kappa shape index (κ3) is 4.55. The number of aromatic hydroxyl groups is 1. The molecule has 0 aliphatic rings. The lowest BCUT2D eigenvalue weighted by Gasteiger charge is -2.15. The fourth-order valence-electron chi connectivity index (χ4n) is 1.77. The van der Waals surface area contributed by atoms with Crippen LogP contribution in [0.1, 0.15) is 0 Å². The van der Waals surface area contributed by atoms with Gasteiger partial charge in [0.2, 0.25) is 5.88 Å². The third-order valence-corrected chi connectivity index (χ3v) is 5.11. The van der Waals surface area contributed by atoms with Gasteiger partial charge in [0.05, 0.1) is 6.20 Å². The molecule has 2 aromatic heterocycles. The minimum absolute atomic E-state index is 0.173. The Labute approximate surface area is 130 Å². The lowest BCUT2D eigenvalue weighted by Crippen LogP contribution is -2.22. The zero-order valence-corrected chi connectivity index (χ0v) is 14.3. The molecular weight excluding hydrogens is 306 g/mol. The fraction of sp³-hybridized carbons (Fsp3) is 0.429. The van der Waals surface area contributed by atoms with Crippen LogP contribution in [0.5, 0.6) is 5.88 Å². The van der Waals surface area contributed by atoms with Crippen LogP contribution < -0.4 is 0 Å². The van der Waals surface area contributed by atoms with Crippen LogP contribution >= 0.6 is 11.6 Å². The highest BCUT2D eigenvalue weighted by Crippen LogP contribution is 2.32. The molecule has 5 nitrogen and oxygen atoms in total. The highest BCUT2D eigenvalue weighted by molar-refractivity contribution is 6.76. The number of hydrogen-bond acceptors (Lipinski definition) is 4. The number of halogens is 1. The first-order valence-corrected chi connectivity index (χ1v) is 10.9. The van der Waals surface area contributed by atoms with Crippen molar-refractivity contribution in [3.63, 3.8) is 0 Å². The molecule has 2 aromatic rings. The molecule has 0 amide bonds. The minimum atomic E-state index is -1.06. The number of ether oxygens (including phenoxy) is 1. The van der Waals surface area contributed by atoms with Gasteiger partial charge < -0.3 is 9.84 Å². The summed E-state index contributed by atoms with van der Waals surface area (Å²) in [4.78, 5) is 3.73. The van der Waals surface area contributed by atoms with E-state index < -0.39 is 8.07 Å². The summed E-state index contributed by atoms with van der Waals surface area (Å²) in [5.74, 6) is -0.173. The van der Waals surface area contributed by atoms with Crippen molar-refractivity contribution >= 4 is 19.7 Å². The molecule has 7 heteroatoms. The molecule has 114 valence electrons. The van der Waals surface area contributed by atoms with Gasteiger partial charge in [0.15, 0.2) is 0 Å². The average Bonchev–Trinajstić information content (AvgIpc) is 2.85. The second-order valence-corrected chi connectivity index (χ2v) is 12.1. The molecule has 0 saturated heterocycles. The molecule has 0 fully saturated rings. The molecule has 0 bridgehead atoms. The van der Waals surface area contributed by atoms with Crippen molar-refractivity contribution in [1.29, 1.82) is 0 Å². The molecule has 0 spiro atoms. The van der Waals surface area contributed by atoms with Crippen molar-refractivity contribution < 1.29 is 9.84 Å². The van der Waals surface area contributed by atoms with E-state index in [0.717, 1.165) is 18.2 Å². The van der Waals surface area contributed by atoms with Gasteiger partial charge in [-0.05, 0) is 12.1 Å². The van der Waals surface area contributed by atoms with Crippen molar-refractivity contribution in [2.24, 2.45) is 0 Å². The Kier molecular flexibility index (Phi) is 5.03. The van der Waals surface area contributed by atoms with Crippen LogP contribution in [0.2, 0.25) is 30.7 Å². The molecule has 2 heterocycles. The quantitative estimate of drug-likeness (QED) is 0.651. The monoisotopic (exact) mass is 325 g/mol. The molecule has 1 N–H and O–H groups in total. The first-order valence-electron chi connectivity index (χ1n) is 6.81. The summed E-state index contributed by atoms with van der Waals surface area (Å²) in [6.45, 7) is 8.13. The summed E-state index contributed by atoms with van der Waals surface area (Å²) < 4.78 is 7.35. The Bertz CT molecular complexity index is 611. The topological polar surface area (TPSA) is 60.2 Å². The first-order chi connectivity index (χ1) is 9.87. The summed E-state index contributed by atoms with van der Waals surface area (Å²) in [6.07, 6.45) is 5.05. The van der Waals surface area contributed by atoms with E-state index in [-0.39, 0.29) is 10.9 Å². The van der Waals surface area contributed by atoms with E-state index in [4.69, 9.17) is 16.3 Å². The Morgan fingerprint density at radius 2 is 2.14 bits per heavy atom. The van der Waals surface area contributed by atoms with Crippen molar-refractivity contribution in [3.05, 3.63) is 29.7 Å². The van der Waals surface area contributed by atoms with E-state index in [1.165, 1.54) is 6.20 Å². The van der Waals surface area contributed by atoms with Gasteiger partial charge in [0, 0.05) is 38.2 Å². The molecule has 0 aliphatic carbocycles. The normalized spacial score (nSPS) is 11.8. The Hall–Kier alpha value is -1.37. The van der Waals surface area contributed by atoms with Crippen LogP contribution in [0, 0.1) is 0 Å². The van der Waals surface area contributed by atoms with Crippen molar-refractivity contribution in [2.45, 2.75) is 32.4 Å². The number of nitrogens with zero attached hydrogens (tertiary/aromatic N) is 3. The lowest BCUT2D eigenvalue weighted by atomic mass is 10.1. The van der Waals surface area contributed by atoms with Crippen molar-refractivity contribution in [1.82, 2.24) is 14.8 Å². The largest absolute Gasteiger partial charge is 0.492 e. The zero-order valence-electron chi connectivity index (χ0n) is 12.5. The van der Waals surface area contributed by atoms with Gasteiger partial charge in [-0.1, -0.05) is 31.2 Å². The van der Waals surface area contributed by atoms with E-state index in [0.29, 0.717) is 12.3 Å². The molecule has 0 aliphatic heterocycles. The van der Waals surface area contributed by atoms with Crippen molar-refractivity contribution in [2.75, 3.05) is 6.61 Å². The van der Waals surface area contributed by atoms with E-state index >= 15 is 0 Å². The standard InChI is InChI=1S/C14H20ClN3O2Si/c1-21(2,3)7-6-20-10-18-9-11(8-17-18)12-4-5-16-14(19)13(12)15/h4-5,8-9H,6-7,10H2,1-3H3,(H,16,19). The highest BCUT2D eigenvalue weighted by atomic mass is 35.5. The Morgan fingerprint density at radius 1 is 1.38 bits per heavy atom. The van der Waals surface area contributed by atoms with E-state index in [1.54, 1.807) is 16.9 Å². The maximum atomic E-state index is 9.53. The van der Waals surface area contributed by atoms with Crippen LogP contribution in [0.15, 0.2) is 24.7 Å². The second-order valence-electron chi connectivity index (χ2n) is 6.11. The molecule has 0 aromatic carbocycles. The summed E-state index contributed by atoms with van der Waals surface area (Å²) in [7, 11) is -1.06. The number of rotatable bonds is 6. The van der Waals surface area contributed by atoms with Gasteiger partial charge in [-0.15, -0.1) is 0 Å². The predicted molar refractivity (Wildman–Crippen MR) is 86.2 cm³/mol. The van der Waals surface area contributed by atoms with Gasteiger partial charge in [-0.2, -0.15) is 5.10 Å². The third-order valence-electron chi connectivity index (χ3n) is 3.04. The van der Waals surface area contributed by atoms with Crippen LogP contribution in [0.25, 0.3) is 11.1 Å². The van der Waals surface area contributed by atoms with Gasteiger partial charge in [-0.3, -0.25) is 0 Å². The van der Waals surface area contributed by atoms with Crippen LogP contribution in [0.3, 0.4) is 0 Å². The first kappa shape index (κ1) is 16.0. The molecule has 2 rings (SSSR count).